The predicted octanol–water partition coefficient (Wildman–Crippen LogP) is 3.80. The molecule has 1 aromatic heterocycles. The molecule has 0 saturated carbocycles. The second-order valence-corrected chi connectivity index (χ2v) is 5.99. The van der Waals surface area contributed by atoms with E-state index < -0.39 is 0 Å². The fraction of sp³-hybridized carbons (Fsp3) is 0.143. The minimum Gasteiger partial charge on any atom is -0.496 e. The van der Waals surface area contributed by atoms with Gasteiger partial charge in [0.1, 0.15) is 23.1 Å². The third kappa shape index (κ3) is 3.88. The molecule has 3 rings (SSSR count). The van der Waals surface area contributed by atoms with Gasteiger partial charge in [0.25, 0.3) is 0 Å². The van der Waals surface area contributed by atoms with Crippen LogP contribution in [0.2, 0.25) is 0 Å². The zero-order chi connectivity index (χ0) is 20.1. The van der Waals surface area contributed by atoms with Crippen LogP contribution in [0.25, 0.3) is 11.1 Å². The van der Waals surface area contributed by atoms with Crippen LogP contribution in [0.1, 0.15) is 5.56 Å². The van der Waals surface area contributed by atoms with Gasteiger partial charge in [0, 0.05) is 11.8 Å². The van der Waals surface area contributed by atoms with E-state index in [2.05, 4.69) is 4.98 Å². The molecule has 0 unspecified atom stereocenters. The summed E-state index contributed by atoms with van der Waals surface area (Å²) in [5, 5.41) is 8.11. The van der Waals surface area contributed by atoms with Gasteiger partial charge in [-0.25, -0.2) is 9.37 Å². The van der Waals surface area contributed by atoms with Crippen molar-refractivity contribution >= 4 is 11.8 Å². The lowest BCUT2D eigenvalue weighted by Crippen LogP contribution is -2.37. The molecule has 144 valence electrons. The molecule has 0 amide bonds. The number of halogens is 1. The lowest BCUT2D eigenvalue weighted by Gasteiger charge is -2.26. The lowest BCUT2D eigenvalue weighted by atomic mass is 10.1. The largest absolute Gasteiger partial charge is 0.496 e. The molecule has 3 aromatic rings. The van der Waals surface area contributed by atoms with Gasteiger partial charge in [-0.2, -0.15) is 0 Å². The number of hydrogen-bond acceptors (Lipinski definition) is 4. The Morgan fingerprint density at radius 2 is 1.68 bits per heavy atom. The summed E-state index contributed by atoms with van der Waals surface area (Å²) in [6.45, 7) is 0.216. The summed E-state index contributed by atoms with van der Waals surface area (Å²) in [5.41, 5.74) is 8.13. The Balaban J connectivity index is 2.08. The third-order valence-corrected chi connectivity index (χ3v) is 4.33. The van der Waals surface area contributed by atoms with Crippen molar-refractivity contribution in [2.24, 2.45) is 5.73 Å². The predicted molar refractivity (Wildman–Crippen MR) is 107 cm³/mol. The summed E-state index contributed by atoms with van der Waals surface area (Å²) in [6.07, 6.45) is 1.62. The van der Waals surface area contributed by atoms with Crippen molar-refractivity contribution in [3.8, 4) is 22.6 Å². The van der Waals surface area contributed by atoms with E-state index in [0.717, 1.165) is 16.7 Å². The molecule has 0 aliphatic carbocycles. The van der Waals surface area contributed by atoms with E-state index in [-0.39, 0.29) is 18.3 Å². The molecule has 0 aliphatic heterocycles. The van der Waals surface area contributed by atoms with Crippen LogP contribution >= 0.6 is 0 Å². The zero-order valence-corrected chi connectivity index (χ0v) is 15.6. The van der Waals surface area contributed by atoms with E-state index in [4.69, 9.17) is 20.6 Å². The van der Waals surface area contributed by atoms with Gasteiger partial charge in [-0.3, -0.25) is 10.3 Å². The number of ether oxygens (including phenoxy) is 2. The molecule has 0 fully saturated rings. The lowest BCUT2D eigenvalue weighted by molar-refractivity contribution is 0.385. The van der Waals surface area contributed by atoms with Crippen LogP contribution < -0.4 is 20.1 Å². The van der Waals surface area contributed by atoms with Crippen LogP contribution in [-0.2, 0) is 6.54 Å². The molecule has 2 aromatic carbocycles. The molecule has 0 aliphatic rings. The number of nitrogens with zero attached hydrogens (tertiary/aromatic N) is 2. The van der Waals surface area contributed by atoms with E-state index in [1.807, 2.05) is 24.3 Å². The van der Waals surface area contributed by atoms with Crippen molar-refractivity contribution in [1.29, 1.82) is 5.41 Å². The van der Waals surface area contributed by atoms with Crippen molar-refractivity contribution in [3.63, 3.8) is 0 Å². The average molecular weight is 380 g/mol. The highest BCUT2D eigenvalue weighted by Gasteiger charge is 2.21. The molecule has 0 saturated heterocycles. The van der Waals surface area contributed by atoms with Gasteiger partial charge in [-0.1, -0.05) is 18.2 Å². The zero-order valence-electron chi connectivity index (χ0n) is 15.6. The Bertz CT molecular complexity index is 954. The number of aromatic nitrogens is 1. The fourth-order valence-corrected chi connectivity index (χ4v) is 2.98. The summed E-state index contributed by atoms with van der Waals surface area (Å²) in [7, 11) is 3.14. The third-order valence-electron chi connectivity index (χ3n) is 4.33. The SMILES string of the molecule is COc1cccc(OC)c1CN(C(=N)N)c1ncccc1-c1ccc(F)cc1. The number of rotatable bonds is 6. The first-order valence-electron chi connectivity index (χ1n) is 8.57. The first-order chi connectivity index (χ1) is 13.5. The minimum atomic E-state index is -0.323. The monoisotopic (exact) mass is 380 g/mol. The maximum absolute atomic E-state index is 13.3. The van der Waals surface area contributed by atoms with Gasteiger partial charge in [0.05, 0.1) is 26.3 Å². The Kier molecular flexibility index (Phi) is 5.74. The van der Waals surface area contributed by atoms with Gasteiger partial charge in [0.15, 0.2) is 5.96 Å². The van der Waals surface area contributed by atoms with Gasteiger partial charge < -0.3 is 15.2 Å². The molecule has 28 heavy (non-hydrogen) atoms. The van der Waals surface area contributed by atoms with Crippen molar-refractivity contribution in [2.75, 3.05) is 19.1 Å². The first kappa shape index (κ1) is 19.2. The topological polar surface area (TPSA) is 84.5 Å². The summed E-state index contributed by atoms with van der Waals surface area (Å²) in [5.74, 6) is 1.20. The number of pyridine rings is 1. The molecular weight excluding hydrogens is 359 g/mol. The van der Waals surface area contributed by atoms with Crippen molar-refractivity contribution in [3.05, 3.63) is 72.2 Å². The van der Waals surface area contributed by atoms with Gasteiger partial charge >= 0.3 is 0 Å². The highest BCUT2D eigenvalue weighted by molar-refractivity contribution is 5.95. The number of benzene rings is 2. The van der Waals surface area contributed by atoms with Crippen molar-refractivity contribution in [1.82, 2.24) is 4.98 Å². The molecule has 1 heterocycles. The van der Waals surface area contributed by atoms with Crippen LogP contribution in [-0.4, -0.2) is 25.2 Å². The Hall–Kier alpha value is -3.61. The van der Waals surface area contributed by atoms with E-state index in [9.17, 15) is 4.39 Å². The summed E-state index contributed by atoms with van der Waals surface area (Å²) in [4.78, 5) is 5.99. The van der Waals surface area contributed by atoms with Crippen molar-refractivity contribution in [2.45, 2.75) is 6.54 Å². The minimum absolute atomic E-state index is 0.185. The molecule has 0 radical (unpaired) electrons. The number of guanidine groups is 1. The van der Waals surface area contributed by atoms with Gasteiger partial charge in [0.2, 0.25) is 0 Å². The number of nitrogens with two attached hydrogens (primary N) is 1. The standard InChI is InChI=1S/C21H21FN4O2/c1-27-18-6-3-7-19(28-2)17(18)13-26(21(23)24)20-16(5-4-12-25-20)14-8-10-15(22)11-9-14/h3-12H,13H2,1-2H3,(H3,23,24). The van der Waals surface area contributed by atoms with Crippen molar-refractivity contribution < 1.29 is 13.9 Å². The Morgan fingerprint density at radius 1 is 1.04 bits per heavy atom. The average Bonchev–Trinajstić information content (AvgIpc) is 2.72. The quantitative estimate of drug-likeness (QED) is 0.502. The summed E-state index contributed by atoms with van der Waals surface area (Å²) < 4.78 is 24.2. The maximum atomic E-state index is 13.3. The number of nitrogens with one attached hydrogen (secondary N) is 1. The maximum Gasteiger partial charge on any atom is 0.194 e. The normalized spacial score (nSPS) is 10.4. The number of methoxy groups -OCH3 is 2. The number of hydrogen-bond donors (Lipinski definition) is 2. The van der Waals surface area contributed by atoms with Crippen LogP contribution in [0, 0.1) is 11.2 Å². The van der Waals surface area contributed by atoms with Gasteiger partial charge in [-0.15, -0.1) is 0 Å². The molecule has 0 spiro atoms. The fourth-order valence-electron chi connectivity index (χ4n) is 2.98. The van der Waals surface area contributed by atoms with Gasteiger partial charge in [-0.05, 0) is 42.0 Å². The second kappa shape index (κ2) is 8.39. The van der Waals surface area contributed by atoms with Crippen LogP contribution in [0.15, 0.2) is 60.8 Å². The highest BCUT2D eigenvalue weighted by atomic mass is 19.1. The Labute approximate surface area is 162 Å². The number of anilines is 1. The van der Waals surface area contributed by atoms with Crippen LogP contribution in [0.4, 0.5) is 10.2 Å². The molecule has 0 bridgehead atoms. The highest BCUT2D eigenvalue weighted by Crippen LogP contribution is 2.34. The first-order valence-corrected chi connectivity index (χ1v) is 8.57. The summed E-state index contributed by atoms with van der Waals surface area (Å²) in [6, 6.07) is 15.2. The van der Waals surface area contributed by atoms with Crippen LogP contribution in [0.3, 0.4) is 0 Å². The molecule has 3 N–H and O–H groups in total. The van der Waals surface area contributed by atoms with Crippen LogP contribution in [0.5, 0.6) is 11.5 Å². The van der Waals surface area contributed by atoms with E-state index in [1.54, 1.807) is 43.5 Å². The molecule has 7 heteroatoms. The molecule has 6 nitrogen and oxygen atoms in total. The second-order valence-electron chi connectivity index (χ2n) is 5.99. The smallest absolute Gasteiger partial charge is 0.194 e. The van der Waals surface area contributed by atoms with E-state index in [0.29, 0.717) is 17.3 Å². The van der Waals surface area contributed by atoms with E-state index in [1.165, 1.54) is 12.1 Å². The Morgan fingerprint density at radius 3 is 2.25 bits per heavy atom. The van der Waals surface area contributed by atoms with E-state index >= 15 is 0 Å². The molecule has 0 atom stereocenters. The molecular formula is C21H21FN4O2. The summed E-state index contributed by atoms with van der Waals surface area (Å²) >= 11 is 0.